The summed E-state index contributed by atoms with van der Waals surface area (Å²) in [5, 5.41) is 5.69. The van der Waals surface area contributed by atoms with Crippen molar-refractivity contribution in [2.75, 3.05) is 26.4 Å². The smallest absolute Gasteiger partial charge is 0.412 e. The molecule has 0 heterocycles. The van der Waals surface area contributed by atoms with Gasteiger partial charge in [0.05, 0.1) is 6.54 Å². The van der Waals surface area contributed by atoms with Gasteiger partial charge >= 0.3 is 12.1 Å². The molecular weight excluding hydrogens is 446 g/mol. The molecule has 0 fully saturated rings. The maximum atomic E-state index is 12.5. The van der Waals surface area contributed by atoms with Gasteiger partial charge in [0.1, 0.15) is 37.1 Å². The van der Waals surface area contributed by atoms with E-state index < -0.39 is 12.1 Å². The van der Waals surface area contributed by atoms with Gasteiger partial charge in [-0.15, -0.1) is 0 Å². The van der Waals surface area contributed by atoms with Gasteiger partial charge in [0.25, 0.3) is 0 Å². The van der Waals surface area contributed by atoms with E-state index in [0.29, 0.717) is 24.7 Å². The van der Waals surface area contributed by atoms with Crippen LogP contribution in [0.1, 0.15) is 0 Å². The third kappa shape index (κ3) is 5.89. The van der Waals surface area contributed by atoms with Crippen molar-refractivity contribution in [1.29, 1.82) is 0 Å². The van der Waals surface area contributed by atoms with Crippen molar-refractivity contribution in [2.45, 2.75) is 0 Å². The number of esters is 1. The molecule has 0 spiro atoms. The fraction of sp³-hybridized carbons (Fsp3) is 0.143. The molecule has 0 unspecified atom stereocenters. The molecule has 1 N–H and O–H groups in total. The van der Waals surface area contributed by atoms with Crippen LogP contribution in [0.15, 0.2) is 91.5 Å². The normalized spacial score (nSPS) is 10.5. The Morgan fingerprint density at radius 3 is 1.86 bits per heavy atom. The number of benzene rings is 4. The van der Waals surface area contributed by atoms with E-state index >= 15 is 0 Å². The number of hydrogen-bond acceptors (Lipinski definition) is 6. The average molecular weight is 472 g/mol. The summed E-state index contributed by atoms with van der Waals surface area (Å²) < 4.78 is 22.5. The van der Waals surface area contributed by atoms with Crippen LogP contribution in [-0.4, -0.2) is 38.4 Å². The molecule has 0 aliphatic heterocycles. The molecule has 7 nitrogen and oxygen atoms in total. The quantitative estimate of drug-likeness (QED) is 0.147. The zero-order valence-electron chi connectivity index (χ0n) is 19.1. The largest absolute Gasteiger partial charge is 0.490 e. The van der Waals surface area contributed by atoms with Crippen LogP contribution in [-0.2, 0) is 9.53 Å². The fourth-order valence-corrected chi connectivity index (χ4v) is 3.63. The van der Waals surface area contributed by atoms with Gasteiger partial charge in [-0.1, -0.05) is 73.3 Å². The monoisotopic (exact) mass is 471 g/mol. The van der Waals surface area contributed by atoms with E-state index in [1.54, 1.807) is 0 Å². The van der Waals surface area contributed by atoms with E-state index in [9.17, 15) is 9.59 Å². The highest BCUT2D eigenvalue weighted by Crippen LogP contribution is 2.42. The van der Waals surface area contributed by atoms with Crippen molar-refractivity contribution in [1.82, 2.24) is 5.32 Å². The van der Waals surface area contributed by atoms with E-state index in [1.807, 2.05) is 78.9 Å². The van der Waals surface area contributed by atoms with Gasteiger partial charge < -0.3 is 24.3 Å². The number of fused-ring (bicyclic) bond motifs is 2. The summed E-state index contributed by atoms with van der Waals surface area (Å²) in [6, 6.07) is 24.7. The minimum atomic E-state index is -0.653. The Labute approximate surface area is 202 Å². The average Bonchev–Trinajstić information content (AvgIpc) is 2.90. The van der Waals surface area contributed by atoms with Crippen LogP contribution in [0.4, 0.5) is 4.79 Å². The molecule has 0 aliphatic carbocycles. The SMILES string of the molecule is C=CC(=O)OCCNC(=O)Oc1c2ccccc2c(OCCOc2ccccc2)c2ccccc12. The van der Waals surface area contributed by atoms with E-state index in [2.05, 4.69) is 11.9 Å². The first kappa shape index (κ1) is 23.6. The summed E-state index contributed by atoms with van der Waals surface area (Å²) in [5.74, 6) is 1.34. The fourth-order valence-electron chi connectivity index (χ4n) is 3.63. The van der Waals surface area contributed by atoms with Crippen molar-refractivity contribution in [3.8, 4) is 17.2 Å². The molecule has 0 aromatic heterocycles. The summed E-state index contributed by atoms with van der Waals surface area (Å²) in [5.41, 5.74) is 0. The standard InChI is InChI=1S/C28H25NO6/c1-2-25(30)33-17-16-29-28(31)35-27-23-14-8-6-12-21(23)26(22-13-7-9-15-24(22)27)34-19-18-32-20-10-4-3-5-11-20/h2-15H,1,16-19H2,(H,29,31). The lowest BCUT2D eigenvalue weighted by Gasteiger charge is -2.17. The van der Waals surface area contributed by atoms with Gasteiger partial charge in [-0.3, -0.25) is 0 Å². The molecule has 178 valence electrons. The number of hydrogen-bond donors (Lipinski definition) is 1. The van der Waals surface area contributed by atoms with E-state index in [4.69, 9.17) is 18.9 Å². The Kier molecular flexibility index (Phi) is 7.81. The van der Waals surface area contributed by atoms with Gasteiger partial charge in [-0.2, -0.15) is 0 Å². The zero-order chi connectivity index (χ0) is 24.5. The first-order valence-electron chi connectivity index (χ1n) is 11.2. The number of para-hydroxylation sites is 1. The molecule has 0 saturated carbocycles. The summed E-state index contributed by atoms with van der Waals surface area (Å²) >= 11 is 0. The van der Waals surface area contributed by atoms with E-state index in [1.165, 1.54) is 0 Å². The molecule has 4 aromatic carbocycles. The summed E-state index contributed by atoms with van der Waals surface area (Å²) in [4.78, 5) is 23.6. The van der Waals surface area contributed by atoms with Gasteiger partial charge in [0.2, 0.25) is 0 Å². The lowest BCUT2D eigenvalue weighted by Crippen LogP contribution is -2.30. The second-order valence-corrected chi connectivity index (χ2v) is 7.45. The molecule has 0 saturated heterocycles. The van der Waals surface area contributed by atoms with E-state index in [-0.39, 0.29) is 13.2 Å². The topological polar surface area (TPSA) is 83.1 Å². The second-order valence-electron chi connectivity index (χ2n) is 7.45. The van der Waals surface area contributed by atoms with Crippen LogP contribution < -0.4 is 19.5 Å². The second kappa shape index (κ2) is 11.6. The van der Waals surface area contributed by atoms with Crippen molar-refractivity contribution in [2.24, 2.45) is 0 Å². The molecule has 0 bridgehead atoms. The maximum Gasteiger partial charge on any atom is 0.412 e. The number of nitrogens with one attached hydrogen (secondary N) is 1. The molecule has 0 radical (unpaired) electrons. The van der Waals surface area contributed by atoms with Gasteiger partial charge in [0, 0.05) is 27.6 Å². The zero-order valence-corrected chi connectivity index (χ0v) is 19.1. The number of carbonyl (C=O) groups is 2. The lowest BCUT2D eigenvalue weighted by atomic mass is 10.0. The van der Waals surface area contributed by atoms with Crippen molar-refractivity contribution in [3.05, 3.63) is 91.5 Å². The Morgan fingerprint density at radius 2 is 1.26 bits per heavy atom. The Hall–Kier alpha value is -4.52. The van der Waals surface area contributed by atoms with Crippen molar-refractivity contribution >= 4 is 33.6 Å². The van der Waals surface area contributed by atoms with Crippen LogP contribution in [0.3, 0.4) is 0 Å². The predicted octanol–water partition coefficient (Wildman–Crippen LogP) is 5.27. The number of carbonyl (C=O) groups excluding carboxylic acids is 2. The highest BCUT2D eigenvalue weighted by molar-refractivity contribution is 6.11. The van der Waals surface area contributed by atoms with Crippen LogP contribution in [0.25, 0.3) is 21.5 Å². The molecule has 35 heavy (non-hydrogen) atoms. The minimum absolute atomic E-state index is 0.0132. The number of rotatable bonds is 10. The number of ether oxygens (including phenoxy) is 4. The first-order chi connectivity index (χ1) is 17.2. The summed E-state index contributed by atoms with van der Waals surface area (Å²) in [6.45, 7) is 4.17. The first-order valence-corrected chi connectivity index (χ1v) is 11.2. The summed E-state index contributed by atoms with van der Waals surface area (Å²) in [7, 11) is 0. The van der Waals surface area contributed by atoms with Crippen LogP contribution in [0, 0.1) is 0 Å². The van der Waals surface area contributed by atoms with Crippen LogP contribution >= 0.6 is 0 Å². The highest BCUT2D eigenvalue weighted by Gasteiger charge is 2.18. The molecular formula is C28H25NO6. The predicted molar refractivity (Wildman–Crippen MR) is 134 cm³/mol. The highest BCUT2D eigenvalue weighted by atomic mass is 16.6. The van der Waals surface area contributed by atoms with Crippen molar-refractivity contribution < 1.29 is 28.5 Å². The molecule has 1 amide bonds. The minimum Gasteiger partial charge on any atom is -0.490 e. The third-order valence-electron chi connectivity index (χ3n) is 5.15. The molecule has 4 aromatic rings. The van der Waals surface area contributed by atoms with Crippen LogP contribution in [0.5, 0.6) is 17.2 Å². The van der Waals surface area contributed by atoms with Gasteiger partial charge in [0.15, 0.2) is 0 Å². The molecule has 7 heteroatoms. The maximum absolute atomic E-state index is 12.5. The number of amides is 1. The Balaban J connectivity index is 1.54. The van der Waals surface area contributed by atoms with Gasteiger partial charge in [-0.25, -0.2) is 9.59 Å². The summed E-state index contributed by atoms with van der Waals surface area (Å²) in [6.07, 6.45) is 0.411. The van der Waals surface area contributed by atoms with Gasteiger partial charge in [-0.05, 0) is 12.1 Å². The van der Waals surface area contributed by atoms with Crippen molar-refractivity contribution in [3.63, 3.8) is 0 Å². The Morgan fingerprint density at radius 1 is 0.714 bits per heavy atom. The molecule has 4 rings (SSSR count). The molecule has 0 atom stereocenters. The lowest BCUT2D eigenvalue weighted by molar-refractivity contribution is -0.137. The Bertz CT molecular complexity index is 1280. The third-order valence-corrected chi connectivity index (χ3v) is 5.15. The van der Waals surface area contributed by atoms with E-state index in [0.717, 1.165) is 33.4 Å². The van der Waals surface area contributed by atoms with Crippen LogP contribution in [0.2, 0.25) is 0 Å². The molecule has 0 aliphatic rings.